The Labute approximate surface area is 155 Å². The molecule has 0 aliphatic carbocycles. The number of amides is 2. The van der Waals surface area contributed by atoms with Crippen LogP contribution in [0.4, 0.5) is 0 Å². The van der Waals surface area contributed by atoms with Gasteiger partial charge in [0.1, 0.15) is 5.70 Å². The van der Waals surface area contributed by atoms with Crippen LogP contribution in [0.2, 0.25) is 0 Å². The van der Waals surface area contributed by atoms with Crippen LogP contribution in [0.3, 0.4) is 0 Å². The maximum Gasteiger partial charge on any atom is 0.354 e. The molecule has 0 aromatic heterocycles. The summed E-state index contributed by atoms with van der Waals surface area (Å²) in [6.45, 7) is 1.87. The Morgan fingerprint density at radius 3 is 2.72 bits per heavy atom. The Hall–Kier alpha value is -2.41. The van der Waals surface area contributed by atoms with Crippen LogP contribution < -0.4 is 11.1 Å². The quantitative estimate of drug-likeness (QED) is 0.372. The molecular weight excluding hydrogens is 388 g/mol. The minimum Gasteiger partial charge on any atom is -0.461 e. The number of benzene rings is 1. The predicted molar refractivity (Wildman–Crippen MR) is 99.1 cm³/mol. The smallest absolute Gasteiger partial charge is 0.354 e. The molecule has 1 aromatic carbocycles. The van der Waals surface area contributed by atoms with Gasteiger partial charge in [0.2, 0.25) is 11.8 Å². The van der Waals surface area contributed by atoms with Crippen molar-refractivity contribution >= 4 is 39.8 Å². The van der Waals surface area contributed by atoms with E-state index in [9.17, 15) is 14.4 Å². The molecule has 2 amide bonds. The number of primary amides is 1. The van der Waals surface area contributed by atoms with Crippen LogP contribution in [0.25, 0.3) is 6.08 Å². The van der Waals surface area contributed by atoms with Gasteiger partial charge in [0.15, 0.2) is 0 Å². The molecular formula is C18H21BrN2O4. The summed E-state index contributed by atoms with van der Waals surface area (Å²) < 4.78 is 5.82. The number of nitrogens with two attached hydrogens (primary N) is 1. The molecule has 6 nitrogen and oxygen atoms in total. The molecule has 0 radical (unpaired) electrons. The van der Waals surface area contributed by atoms with Crippen molar-refractivity contribution in [1.29, 1.82) is 0 Å². The van der Waals surface area contributed by atoms with Gasteiger partial charge >= 0.3 is 5.97 Å². The minimum atomic E-state index is -0.620. The van der Waals surface area contributed by atoms with E-state index >= 15 is 0 Å². The fraction of sp³-hybridized carbons (Fsp3) is 0.278. The Bertz CT molecular complexity index is 683. The zero-order valence-electron chi connectivity index (χ0n) is 14.0. The Morgan fingerprint density at radius 2 is 2.08 bits per heavy atom. The zero-order valence-corrected chi connectivity index (χ0v) is 15.5. The second-order valence-corrected chi connectivity index (χ2v) is 5.99. The third-order valence-corrected chi connectivity index (χ3v) is 3.50. The van der Waals surface area contributed by atoms with Gasteiger partial charge in [0.05, 0.1) is 6.61 Å². The molecule has 0 spiro atoms. The summed E-state index contributed by atoms with van der Waals surface area (Å²) in [5.74, 6) is -1.48. The normalized spacial score (nSPS) is 11.4. The third-order valence-electron chi connectivity index (χ3n) is 3.00. The van der Waals surface area contributed by atoms with Crippen molar-refractivity contribution in [3.8, 4) is 0 Å². The molecule has 0 aliphatic heterocycles. The van der Waals surface area contributed by atoms with E-state index in [-0.39, 0.29) is 18.7 Å². The molecule has 0 saturated heterocycles. The first-order valence-electron chi connectivity index (χ1n) is 7.82. The van der Waals surface area contributed by atoms with E-state index in [1.54, 1.807) is 13.0 Å². The fourth-order valence-corrected chi connectivity index (χ4v) is 2.29. The van der Waals surface area contributed by atoms with Crippen molar-refractivity contribution in [3.63, 3.8) is 0 Å². The fourth-order valence-electron chi connectivity index (χ4n) is 1.87. The lowest BCUT2D eigenvalue weighted by Crippen LogP contribution is -2.27. The Balaban J connectivity index is 2.71. The monoisotopic (exact) mass is 408 g/mol. The summed E-state index contributed by atoms with van der Waals surface area (Å²) in [6.07, 6.45) is 5.62. The number of unbranched alkanes of at least 4 members (excludes halogenated alkanes) is 1. The lowest BCUT2D eigenvalue weighted by molar-refractivity contribution is -0.139. The van der Waals surface area contributed by atoms with E-state index in [0.29, 0.717) is 12.8 Å². The number of nitrogens with one attached hydrogen (secondary N) is 1. The molecule has 25 heavy (non-hydrogen) atoms. The number of hydrogen-bond acceptors (Lipinski definition) is 4. The van der Waals surface area contributed by atoms with E-state index < -0.39 is 17.8 Å². The van der Waals surface area contributed by atoms with Crippen LogP contribution in [-0.4, -0.2) is 24.4 Å². The molecule has 0 heterocycles. The standard InChI is InChI=1S/C18H21BrN2O4/c1-2-25-18(24)15(8-3-4-9-16(20)22)21-17(23)11-10-13-6-5-7-14(19)12-13/h5-8,10-12H,2-4,9H2,1H3,(H2,20,22)(H,21,23)/b11-10+,15-8-. The number of ether oxygens (including phenoxy) is 1. The molecule has 0 aliphatic rings. The van der Waals surface area contributed by atoms with Gasteiger partial charge in [-0.3, -0.25) is 9.59 Å². The number of allylic oxidation sites excluding steroid dienone is 1. The number of carbonyl (C=O) groups is 3. The van der Waals surface area contributed by atoms with Crippen molar-refractivity contribution in [1.82, 2.24) is 5.32 Å². The number of esters is 1. The van der Waals surface area contributed by atoms with E-state index in [1.807, 2.05) is 24.3 Å². The zero-order chi connectivity index (χ0) is 18.7. The average molecular weight is 409 g/mol. The largest absolute Gasteiger partial charge is 0.461 e. The number of carbonyl (C=O) groups excluding carboxylic acids is 3. The van der Waals surface area contributed by atoms with Gasteiger partial charge in [0, 0.05) is 17.0 Å². The average Bonchev–Trinajstić information content (AvgIpc) is 2.55. The van der Waals surface area contributed by atoms with Gasteiger partial charge in [-0.1, -0.05) is 34.1 Å². The number of rotatable bonds is 9. The van der Waals surface area contributed by atoms with Crippen LogP contribution in [0, 0.1) is 0 Å². The van der Waals surface area contributed by atoms with E-state index in [2.05, 4.69) is 21.2 Å². The van der Waals surface area contributed by atoms with Crippen LogP contribution >= 0.6 is 15.9 Å². The summed E-state index contributed by atoms with van der Waals surface area (Å²) in [5.41, 5.74) is 5.96. The third kappa shape index (κ3) is 8.85. The Morgan fingerprint density at radius 1 is 1.32 bits per heavy atom. The summed E-state index contributed by atoms with van der Waals surface area (Å²) >= 11 is 3.35. The van der Waals surface area contributed by atoms with Crippen molar-refractivity contribution in [2.24, 2.45) is 5.73 Å². The van der Waals surface area contributed by atoms with Gasteiger partial charge < -0.3 is 15.8 Å². The molecule has 0 saturated carbocycles. The second-order valence-electron chi connectivity index (χ2n) is 5.07. The van der Waals surface area contributed by atoms with E-state index in [4.69, 9.17) is 10.5 Å². The summed E-state index contributed by atoms with van der Waals surface area (Å²) in [4.78, 5) is 34.7. The summed E-state index contributed by atoms with van der Waals surface area (Å²) in [5, 5.41) is 2.51. The molecule has 7 heteroatoms. The molecule has 0 atom stereocenters. The van der Waals surface area contributed by atoms with Crippen LogP contribution in [0.15, 0.2) is 46.6 Å². The maximum absolute atomic E-state index is 12.0. The van der Waals surface area contributed by atoms with Crippen molar-refractivity contribution < 1.29 is 19.1 Å². The lowest BCUT2D eigenvalue weighted by Gasteiger charge is -2.07. The van der Waals surface area contributed by atoms with E-state index in [1.165, 1.54) is 12.2 Å². The highest BCUT2D eigenvalue weighted by molar-refractivity contribution is 9.10. The highest BCUT2D eigenvalue weighted by Crippen LogP contribution is 2.12. The predicted octanol–water partition coefficient (Wildman–Crippen LogP) is 2.68. The van der Waals surface area contributed by atoms with Crippen LogP contribution in [0.1, 0.15) is 31.7 Å². The summed E-state index contributed by atoms with van der Waals surface area (Å²) in [7, 11) is 0. The second kappa shape index (κ2) is 11.2. The van der Waals surface area contributed by atoms with Crippen molar-refractivity contribution in [2.75, 3.05) is 6.61 Å². The number of hydrogen-bond donors (Lipinski definition) is 2. The van der Waals surface area contributed by atoms with Gasteiger partial charge in [0.25, 0.3) is 0 Å². The van der Waals surface area contributed by atoms with Crippen LogP contribution in [0.5, 0.6) is 0 Å². The van der Waals surface area contributed by atoms with Crippen LogP contribution in [-0.2, 0) is 19.1 Å². The molecule has 134 valence electrons. The number of halogens is 1. The van der Waals surface area contributed by atoms with Gasteiger partial charge in [-0.15, -0.1) is 0 Å². The maximum atomic E-state index is 12.0. The van der Waals surface area contributed by atoms with Gasteiger partial charge in [-0.05, 0) is 43.5 Å². The Kier molecular flexibility index (Phi) is 9.24. The highest BCUT2D eigenvalue weighted by Gasteiger charge is 2.12. The molecule has 3 N–H and O–H groups in total. The first kappa shape index (κ1) is 20.6. The lowest BCUT2D eigenvalue weighted by atomic mass is 10.2. The molecule has 1 aromatic rings. The summed E-state index contributed by atoms with van der Waals surface area (Å²) in [6, 6.07) is 7.44. The molecule has 0 unspecified atom stereocenters. The highest BCUT2D eigenvalue weighted by atomic mass is 79.9. The molecule has 0 fully saturated rings. The topological polar surface area (TPSA) is 98.5 Å². The molecule has 1 rings (SSSR count). The SMILES string of the molecule is CCOC(=O)/C(=C/CCCC(N)=O)NC(=O)/C=C/c1cccc(Br)c1. The first-order valence-corrected chi connectivity index (χ1v) is 8.62. The van der Waals surface area contributed by atoms with Crippen molar-refractivity contribution in [3.05, 3.63) is 52.2 Å². The van der Waals surface area contributed by atoms with Gasteiger partial charge in [-0.2, -0.15) is 0 Å². The van der Waals surface area contributed by atoms with E-state index in [0.717, 1.165) is 10.0 Å². The minimum absolute atomic E-state index is 0.0511. The van der Waals surface area contributed by atoms with Gasteiger partial charge in [-0.25, -0.2) is 4.79 Å². The first-order chi connectivity index (χ1) is 11.9. The van der Waals surface area contributed by atoms with Crippen molar-refractivity contribution in [2.45, 2.75) is 26.2 Å². The molecule has 0 bridgehead atoms.